The minimum Gasteiger partial charge on any atom is -0.618 e. The maximum absolute atomic E-state index is 11.6. The minimum absolute atomic E-state index is 0.132. The first-order valence-electron chi connectivity index (χ1n) is 8.97. The van der Waals surface area contributed by atoms with Crippen molar-refractivity contribution in [2.24, 2.45) is 0 Å². The highest BCUT2D eigenvalue weighted by atomic mass is 32.2. The van der Waals surface area contributed by atoms with Crippen LogP contribution in [-0.4, -0.2) is 21.1 Å². The summed E-state index contributed by atoms with van der Waals surface area (Å²) in [6.45, 7) is 0. The average molecular weight is 435 g/mol. The molecule has 4 rings (SSSR count). The summed E-state index contributed by atoms with van der Waals surface area (Å²) in [4.78, 5) is 19.2. The normalized spacial score (nSPS) is 10.1. The fourth-order valence-electron chi connectivity index (χ4n) is 2.59. The van der Waals surface area contributed by atoms with Gasteiger partial charge in [0.1, 0.15) is 11.4 Å². The molecule has 0 saturated carbocycles. The van der Waals surface area contributed by atoms with Crippen LogP contribution in [0.3, 0.4) is 0 Å². The summed E-state index contributed by atoms with van der Waals surface area (Å²) in [5.41, 5.74) is 1.72. The first-order chi connectivity index (χ1) is 15.0. The molecule has 4 heterocycles. The summed E-state index contributed by atoms with van der Waals surface area (Å²) in [6.07, 6.45) is 7.79. The summed E-state index contributed by atoms with van der Waals surface area (Å²) >= 11 is 1.61. The zero-order valence-electron chi connectivity index (χ0n) is 16.4. The smallest absolute Gasteiger partial charge is 0.282 e. The molecule has 0 saturated heterocycles. The number of hydrogen-bond acceptors (Lipinski definition) is 7. The summed E-state index contributed by atoms with van der Waals surface area (Å²) in [5.74, 6) is 0. The molecule has 31 heavy (non-hydrogen) atoms. The molecule has 10 heteroatoms. The van der Waals surface area contributed by atoms with Gasteiger partial charge in [0.15, 0.2) is 12.4 Å². The van der Waals surface area contributed by atoms with Gasteiger partial charge in [0.25, 0.3) is 5.69 Å². The van der Waals surface area contributed by atoms with Crippen molar-refractivity contribution in [3.63, 3.8) is 0 Å². The molecule has 0 aromatic carbocycles. The Bertz CT molecular complexity index is 1180. The highest BCUT2D eigenvalue weighted by Crippen LogP contribution is 2.19. The second-order valence-electron chi connectivity index (χ2n) is 6.06. The van der Waals surface area contributed by atoms with Crippen LogP contribution in [0.1, 0.15) is 0 Å². The van der Waals surface area contributed by atoms with Gasteiger partial charge in [-0.05, 0) is 30.5 Å². The van der Waals surface area contributed by atoms with E-state index in [0.29, 0.717) is 21.8 Å². The summed E-state index contributed by atoms with van der Waals surface area (Å²) in [7, 11) is 0. The van der Waals surface area contributed by atoms with Crippen molar-refractivity contribution in [2.75, 3.05) is 6.26 Å². The van der Waals surface area contributed by atoms with Crippen molar-refractivity contribution in [1.29, 1.82) is 0 Å². The Kier molecular flexibility index (Phi) is 7.07. The molecule has 0 amide bonds. The molecular weight excluding hydrogens is 418 g/mol. The maximum atomic E-state index is 11.6. The number of nitro groups is 1. The monoisotopic (exact) mass is 435 g/mol. The number of aromatic nitrogens is 4. The van der Waals surface area contributed by atoms with Crippen LogP contribution in [0.25, 0.3) is 22.8 Å². The lowest BCUT2D eigenvalue weighted by molar-refractivity contribution is -0.594. The molecule has 9 nitrogen and oxygen atoms in total. The molecular formula is C21H17N5O4S. The molecule has 0 spiro atoms. The predicted octanol–water partition coefficient (Wildman–Crippen LogP) is 3.39. The van der Waals surface area contributed by atoms with Gasteiger partial charge in [-0.2, -0.15) is 9.46 Å². The molecule has 0 unspecified atom stereocenters. The lowest BCUT2D eigenvalue weighted by atomic mass is 10.2. The summed E-state index contributed by atoms with van der Waals surface area (Å²) in [6, 6.07) is 16.6. The van der Waals surface area contributed by atoms with Crippen LogP contribution in [0.5, 0.6) is 0 Å². The SMILES string of the molecule is CSc1cc[n+]([O-])c(-c2ccccn2)c1.O=[N+]([O-])c1cc[n+]([O-])c(-c2ccccn2)c1. The van der Waals surface area contributed by atoms with Gasteiger partial charge in [-0.3, -0.25) is 10.1 Å². The largest absolute Gasteiger partial charge is 0.618 e. The first-order valence-corrected chi connectivity index (χ1v) is 10.2. The fraction of sp³-hybridized carbons (Fsp3) is 0.0476. The third-order valence-corrected chi connectivity index (χ3v) is 4.82. The van der Waals surface area contributed by atoms with E-state index in [1.165, 1.54) is 18.5 Å². The van der Waals surface area contributed by atoms with E-state index < -0.39 is 4.92 Å². The van der Waals surface area contributed by atoms with Crippen LogP contribution in [0.4, 0.5) is 5.69 Å². The Morgan fingerprint density at radius 2 is 1.39 bits per heavy atom. The van der Waals surface area contributed by atoms with Crippen LogP contribution in [0.15, 0.2) is 90.3 Å². The van der Waals surface area contributed by atoms with Crippen LogP contribution in [0.2, 0.25) is 0 Å². The molecule has 0 aliphatic rings. The van der Waals surface area contributed by atoms with Crippen molar-refractivity contribution >= 4 is 17.4 Å². The van der Waals surface area contributed by atoms with Gasteiger partial charge in [-0.1, -0.05) is 12.1 Å². The molecule has 156 valence electrons. The van der Waals surface area contributed by atoms with Crippen molar-refractivity contribution < 1.29 is 14.4 Å². The molecule has 0 bridgehead atoms. The van der Waals surface area contributed by atoms with Crippen LogP contribution >= 0.6 is 11.8 Å². The van der Waals surface area contributed by atoms with E-state index in [2.05, 4.69) is 9.97 Å². The lowest BCUT2D eigenvalue weighted by Crippen LogP contribution is -2.28. The van der Waals surface area contributed by atoms with Gasteiger partial charge >= 0.3 is 0 Å². The van der Waals surface area contributed by atoms with E-state index in [1.54, 1.807) is 42.2 Å². The number of pyridine rings is 4. The Morgan fingerprint density at radius 3 is 1.87 bits per heavy atom. The highest BCUT2D eigenvalue weighted by Gasteiger charge is 2.16. The predicted molar refractivity (Wildman–Crippen MR) is 116 cm³/mol. The van der Waals surface area contributed by atoms with E-state index in [4.69, 9.17) is 0 Å². The van der Waals surface area contributed by atoms with Gasteiger partial charge in [0.05, 0.1) is 17.1 Å². The van der Waals surface area contributed by atoms with E-state index in [0.717, 1.165) is 21.9 Å². The summed E-state index contributed by atoms with van der Waals surface area (Å²) in [5, 5.41) is 33.6. The average Bonchev–Trinajstić information content (AvgIpc) is 2.81. The number of rotatable bonds is 4. The lowest BCUT2D eigenvalue weighted by Gasteiger charge is -2.04. The van der Waals surface area contributed by atoms with E-state index >= 15 is 0 Å². The third-order valence-electron chi connectivity index (χ3n) is 4.09. The van der Waals surface area contributed by atoms with Crippen molar-refractivity contribution in [2.45, 2.75) is 4.90 Å². The van der Waals surface area contributed by atoms with Crippen LogP contribution in [0, 0.1) is 20.5 Å². The maximum Gasteiger partial charge on any atom is 0.282 e. The standard InChI is InChI=1S/C11H10N2OS.C10H7N3O3/c1-15-9-5-7-13(14)11(8-9)10-4-2-3-6-12-10;14-12-6-4-8(13(15)16)7-10(12)9-3-1-2-5-11-9/h2-8H,1H3;1-7H. The highest BCUT2D eigenvalue weighted by molar-refractivity contribution is 7.98. The third kappa shape index (κ3) is 5.52. The Morgan fingerprint density at radius 1 is 0.839 bits per heavy atom. The van der Waals surface area contributed by atoms with Crippen molar-refractivity contribution in [3.8, 4) is 22.8 Å². The number of thioether (sulfide) groups is 1. The van der Waals surface area contributed by atoms with Crippen molar-refractivity contribution in [3.05, 3.63) is 106 Å². The first kappa shape index (κ1) is 21.7. The molecule has 4 aromatic rings. The van der Waals surface area contributed by atoms with E-state index in [9.17, 15) is 20.5 Å². The molecule has 0 radical (unpaired) electrons. The van der Waals surface area contributed by atoms with Gasteiger partial charge in [-0.25, -0.2) is 9.97 Å². The number of nitrogens with zero attached hydrogens (tertiary/aromatic N) is 5. The van der Waals surface area contributed by atoms with Crippen LogP contribution in [-0.2, 0) is 0 Å². The molecule has 0 atom stereocenters. The zero-order chi connectivity index (χ0) is 22.2. The Balaban J connectivity index is 0.000000176. The quantitative estimate of drug-likeness (QED) is 0.158. The molecule has 0 aliphatic carbocycles. The van der Waals surface area contributed by atoms with Gasteiger partial charge in [0, 0.05) is 29.4 Å². The molecule has 0 aliphatic heterocycles. The van der Waals surface area contributed by atoms with Crippen molar-refractivity contribution in [1.82, 2.24) is 9.97 Å². The second-order valence-corrected chi connectivity index (χ2v) is 6.94. The van der Waals surface area contributed by atoms with E-state index in [1.807, 2.05) is 30.5 Å². The van der Waals surface area contributed by atoms with Gasteiger partial charge in [-0.15, -0.1) is 11.8 Å². The van der Waals surface area contributed by atoms with Gasteiger partial charge in [0.2, 0.25) is 11.4 Å². The summed E-state index contributed by atoms with van der Waals surface area (Å²) < 4.78 is 1.39. The molecule has 0 fully saturated rings. The minimum atomic E-state index is -0.549. The Hall–Kier alpha value is -4.05. The molecule has 4 aromatic heterocycles. The van der Waals surface area contributed by atoms with Gasteiger partial charge < -0.3 is 10.4 Å². The fourth-order valence-corrected chi connectivity index (χ4v) is 3.01. The van der Waals surface area contributed by atoms with Crippen LogP contribution < -0.4 is 9.46 Å². The number of hydrogen-bond donors (Lipinski definition) is 0. The molecule has 0 N–H and O–H groups in total. The Labute approximate surface area is 182 Å². The second kappa shape index (κ2) is 10.1. The topological polar surface area (TPSA) is 123 Å². The zero-order valence-corrected chi connectivity index (χ0v) is 17.2. The van der Waals surface area contributed by atoms with E-state index in [-0.39, 0.29) is 11.4 Å².